The van der Waals surface area contributed by atoms with Crippen molar-refractivity contribution >= 4 is 17.5 Å². The SMILES string of the molecule is CC(C)(C)c1ccc(NC(=O)ON2CCC3(C=C(c4ccc(C(C)(C)C)cc4)NO3)CC2)cc1. The first kappa shape index (κ1) is 24.3. The van der Waals surface area contributed by atoms with Crippen molar-refractivity contribution in [2.24, 2.45) is 0 Å². The van der Waals surface area contributed by atoms with Gasteiger partial charge in [-0.25, -0.2) is 4.79 Å². The highest BCUT2D eigenvalue weighted by Gasteiger charge is 2.40. The van der Waals surface area contributed by atoms with Crippen molar-refractivity contribution in [3.8, 4) is 0 Å². The number of piperidine rings is 1. The van der Waals surface area contributed by atoms with Crippen LogP contribution in [0.4, 0.5) is 10.5 Å². The molecule has 1 spiro atoms. The van der Waals surface area contributed by atoms with Gasteiger partial charge in [-0.1, -0.05) is 77.9 Å². The number of nitrogens with one attached hydrogen (secondary N) is 2. The van der Waals surface area contributed by atoms with E-state index in [1.807, 2.05) is 24.3 Å². The maximum absolute atomic E-state index is 12.4. The van der Waals surface area contributed by atoms with E-state index in [0.29, 0.717) is 13.1 Å². The van der Waals surface area contributed by atoms with Crippen molar-refractivity contribution in [3.05, 3.63) is 71.3 Å². The topological polar surface area (TPSA) is 62.8 Å². The second-order valence-corrected chi connectivity index (χ2v) is 11.4. The van der Waals surface area contributed by atoms with Gasteiger partial charge in [0.15, 0.2) is 0 Å². The number of carbonyl (C=O) groups excluding carboxylic acids is 1. The van der Waals surface area contributed by atoms with Crippen LogP contribution < -0.4 is 10.8 Å². The quantitative estimate of drug-likeness (QED) is 0.571. The largest absolute Gasteiger partial charge is 0.430 e. The van der Waals surface area contributed by atoms with Crippen molar-refractivity contribution in [1.82, 2.24) is 10.5 Å². The molecule has 0 aromatic heterocycles. The van der Waals surface area contributed by atoms with Crippen molar-refractivity contribution in [3.63, 3.8) is 0 Å². The van der Waals surface area contributed by atoms with Gasteiger partial charge in [0.1, 0.15) is 5.60 Å². The van der Waals surface area contributed by atoms with E-state index in [0.717, 1.165) is 29.8 Å². The summed E-state index contributed by atoms with van der Waals surface area (Å²) in [6.45, 7) is 14.3. The third-order valence-electron chi connectivity index (χ3n) is 6.61. The van der Waals surface area contributed by atoms with E-state index in [2.05, 4.69) is 82.7 Å². The summed E-state index contributed by atoms with van der Waals surface area (Å²) in [5, 5.41) is 4.52. The van der Waals surface area contributed by atoms with Crippen molar-refractivity contribution in [2.45, 2.75) is 70.8 Å². The first-order chi connectivity index (χ1) is 15.9. The normalized spacial score (nSPS) is 18.4. The van der Waals surface area contributed by atoms with Gasteiger partial charge >= 0.3 is 6.09 Å². The molecule has 2 aromatic carbocycles. The molecular formula is C28H37N3O3. The van der Waals surface area contributed by atoms with Crippen molar-refractivity contribution < 1.29 is 14.5 Å². The Kier molecular flexibility index (Phi) is 6.49. The van der Waals surface area contributed by atoms with E-state index in [4.69, 9.17) is 9.68 Å². The van der Waals surface area contributed by atoms with Crippen LogP contribution in [0.1, 0.15) is 71.1 Å². The first-order valence-corrected chi connectivity index (χ1v) is 12.1. The van der Waals surface area contributed by atoms with Crippen molar-refractivity contribution in [1.29, 1.82) is 0 Å². The van der Waals surface area contributed by atoms with Gasteiger partial charge in [0.25, 0.3) is 0 Å². The Balaban J connectivity index is 1.30. The summed E-state index contributed by atoms with van der Waals surface area (Å²) in [6.07, 6.45) is 3.17. The number of benzene rings is 2. The van der Waals surface area contributed by atoms with Gasteiger partial charge in [-0.15, -0.1) is 5.06 Å². The predicted octanol–water partition coefficient (Wildman–Crippen LogP) is 6.16. The van der Waals surface area contributed by atoms with Gasteiger partial charge in [-0.3, -0.25) is 15.6 Å². The van der Waals surface area contributed by atoms with Crippen molar-refractivity contribution in [2.75, 3.05) is 18.4 Å². The van der Waals surface area contributed by atoms with Gasteiger partial charge < -0.3 is 4.84 Å². The van der Waals surface area contributed by atoms with Crippen LogP contribution in [-0.4, -0.2) is 29.8 Å². The monoisotopic (exact) mass is 463 g/mol. The first-order valence-electron chi connectivity index (χ1n) is 12.1. The highest BCUT2D eigenvalue weighted by molar-refractivity contribution is 5.84. The molecule has 0 bridgehead atoms. The Hall–Kier alpha value is -2.83. The lowest BCUT2D eigenvalue weighted by Crippen LogP contribution is -2.45. The number of anilines is 1. The highest BCUT2D eigenvalue weighted by atomic mass is 16.7. The minimum Gasteiger partial charge on any atom is -0.351 e. The number of amides is 1. The minimum absolute atomic E-state index is 0.0736. The molecule has 0 radical (unpaired) electrons. The molecule has 0 atom stereocenters. The maximum Gasteiger partial charge on any atom is 0.430 e. The zero-order valence-electron chi connectivity index (χ0n) is 21.2. The second-order valence-electron chi connectivity index (χ2n) is 11.4. The standard InChI is InChI=1S/C28H37N3O3/c1-26(2,3)21-9-7-20(8-10-21)24-19-28(34-30-24)15-17-31(18-16-28)33-25(32)29-23-13-11-22(12-14-23)27(4,5)6/h7-14,19,30H,15-18H2,1-6H3,(H,29,32). The molecule has 0 unspecified atom stereocenters. The fraction of sp³-hybridized carbons (Fsp3) is 0.464. The van der Waals surface area contributed by atoms with Crippen LogP contribution in [0.15, 0.2) is 54.6 Å². The molecule has 2 aliphatic heterocycles. The van der Waals surface area contributed by atoms with Crippen LogP contribution in [-0.2, 0) is 20.5 Å². The maximum atomic E-state index is 12.4. The molecule has 0 saturated carbocycles. The Labute approximate surface area is 203 Å². The smallest absolute Gasteiger partial charge is 0.351 e. The zero-order chi connectivity index (χ0) is 24.6. The number of hydroxylamine groups is 3. The fourth-order valence-electron chi connectivity index (χ4n) is 4.28. The molecule has 1 saturated heterocycles. The van der Waals surface area contributed by atoms with Crippen LogP contribution in [0, 0.1) is 0 Å². The van der Waals surface area contributed by atoms with E-state index in [9.17, 15) is 4.79 Å². The summed E-state index contributed by atoms with van der Waals surface area (Å²) in [6, 6.07) is 16.5. The van der Waals surface area contributed by atoms with Crippen LogP contribution in [0.5, 0.6) is 0 Å². The van der Waals surface area contributed by atoms with Crippen LogP contribution in [0.25, 0.3) is 5.70 Å². The molecule has 1 amide bonds. The molecule has 182 valence electrons. The number of nitrogens with zero attached hydrogens (tertiary/aromatic N) is 1. The second kappa shape index (κ2) is 9.08. The van der Waals surface area contributed by atoms with Crippen LogP contribution >= 0.6 is 0 Å². The Morgan fingerprint density at radius 1 is 0.912 bits per heavy atom. The molecule has 2 N–H and O–H groups in total. The van der Waals surface area contributed by atoms with Gasteiger partial charge in [-0.2, -0.15) is 0 Å². The van der Waals surface area contributed by atoms with Gasteiger partial charge in [-0.05, 0) is 58.6 Å². The summed E-state index contributed by atoms with van der Waals surface area (Å²) >= 11 is 0. The molecule has 2 aromatic rings. The summed E-state index contributed by atoms with van der Waals surface area (Å²) in [4.78, 5) is 23.9. The molecule has 6 heteroatoms. The van der Waals surface area contributed by atoms with Gasteiger partial charge in [0.05, 0.1) is 5.70 Å². The average Bonchev–Trinajstić information content (AvgIpc) is 3.18. The summed E-state index contributed by atoms with van der Waals surface area (Å²) in [5.41, 5.74) is 8.29. The average molecular weight is 464 g/mol. The molecule has 2 aliphatic rings. The Morgan fingerprint density at radius 2 is 1.44 bits per heavy atom. The molecule has 4 rings (SSSR count). The van der Waals surface area contributed by atoms with Gasteiger partial charge in [0.2, 0.25) is 0 Å². The summed E-state index contributed by atoms with van der Waals surface area (Å²) in [5.74, 6) is 0. The lowest BCUT2D eigenvalue weighted by Gasteiger charge is -2.35. The fourth-order valence-corrected chi connectivity index (χ4v) is 4.28. The molecular weight excluding hydrogens is 426 g/mol. The van der Waals surface area contributed by atoms with Gasteiger partial charge in [0, 0.05) is 18.8 Å². The summed E-state index contributed by atoms with van der Waals surface area (Å²) < 4.78 is 0. The van der Waals surface area contributed by atoms with E-state index < -0.39 is 6.09 Å². The number of rotatable bonds is 3. The summed E-state index contributed by atoms with van der Waals surface area (Å²) in [7, 11) is 0. The molecule has 6 nitrogen and oxygen atoms in total. The number of hydrogen-bond donors (Lipinski definition) is 2. The number of carbonyl (C=O) groups is 1. The predicted molar refractivity (Wildman–Crippen MR) is 136 cm³/mol. The minimum atomic E-state index is -0.472. The molecule has 2 heterocycles. The lowest BCUT2D eigenvalue weighted by atomic mass is 9.86. The molecule has 1 fully saturated rings. The molecule has 0 aliphatic carbocycles. The van der Waals surface area contributed by atoms with E-state index in [-0.39, 0.29) is 16.4 Å². The Bertz CT molecular complexity index is 1040. The van der Waals surface area contributed by atoms with E-state index in [1.165, 1.54) is 11.1 Å². The number of hydrogen-bond acceptors (Lipinski definition) is 5. The zero-order valence-corrected chi connectivity index (χ0v) is 21.2. The van der Waals surface area contributed by atoms with E-state index >= 15 is 0 Å². The third kappa shape index (κ3) is 5.62. The Morgan fingerprint density at radius 3 is 1.97 bits per heavy atom. The van der Waals surface area contributed by atoms with E-state index in [1.54, 1.807) is 5.06 Å². The molecule has 34 heavy (non-hydrogen) atoms. The third-order valence-corrected chi connectivity index (χ3v) is 6.61. The van der Waals surface area contributed by atoms with Crippen LogP contribution in [0.2, 0.25) is 0 Å². The highest BCUT2D eigenvalue weighted by Crippen LogP contribution is 2.35. The van der Waals surface area contributed by atoms with Crippen LogP contribution in [0.3, 0.4) is 0 Å². The lowest BCUT2D eigenvalue weighted by molar-refractivity contribution is -0.153.